The smallest absolute Gasteiger partial charge is 0.304 e. The normalized spacial score (nSPS) is 23.7. The van der Waals surface area contributed by atoms with Crippen molar-refractivity contribution in [3.8, 4) is 0 Å². The second-order valence-electron chi connectivity index (χ2n) is 4.61. The quantitative estimate of drug-likeness (QED) is 0.442. The molecule has 1 fully saturated rings. The van der Waals surface area contributed by atoms with Crippen LogP contribution in [0.5, 0.6) is 0 Å². The Bertz CT molecular complexity index is 560. The Kier molecular flexibility index (Phi) is 4.23. The fourth-order valence-corrected chi connectivity index (χ4v) is 2.05. The van der Waals surface area contributed by atoms with Crippen LogP contribution in [0, 0.1) is 0 Å². The van der Waals surface area contributed by atoms with Gasteiger partial charge in [-0.3, -0.25) is 14.4 Å². The van der Waals surface area contributed by atoms with Gasteiger partial charge in [-0.15, -0.1) is 0 Å². The number of β-lactam (4-membered cyclic amide) rings is 1. The highest BCUT2D eigenvalue weighted by Gasteiger charge is 2.60. The van der Waals surface area contributed by atoms with Crippen LogP contribution in [0.4, 0.5) is 0 Å². The Balaban J connectivity index is 2.05. The molecular formula is C14H16N2O5. The lowest BCUT2D eigenvalue weighted by Crippen LogP contribution is -2.81. The predicted octanol–water partition coefficient (Wildman–Crippen LogP) is -0.293. The Labute approximate surface area is 121 Å². The van der Waals surface area contributed by atoms with Crippen molar-refractivity contribution < 1.29 is 23.9 Å². The van der Waals surface area contributed by atoms with Crippen LogP contribution < -0.4 is 10.6 Å². The Morgan fingerprint density at radius 2 is 2.00 bits per heavy atom. The predicted molar refractivity (Wildman–Crippen MR) is 71.7 cm³/mol. The lowest BCUT2D eigenvalue weighted by atomic mass is 10.0. The van der Waals surface area contributed by atoms with Gasteiger partial charge >= 0.3 is 5.97 Å². The first-order chi connectivity index (χ1) is 9.98. The Hall–Kier alpha value is -2.41. The van der Waals surface area contributed by atoms with Gasteiger partial charge in [0, 0.05) is 14.0 Å². The van der Waals surface area contributed by atoms with E-state index in [-0.39, 0.29) is 6.42 Å². The number of amides is 2. The maximum atomic E-state index is 12.0. The minimum atomic E-state index is -1.67. The van der Waals surface area contributed by atoms with Crippen molar-refractivity contribution >= 4 is 17.8 Å². The average Bonchev–Trinajstić information content (AvgIpc) is 2.45. The molecule has 2 rings (SSSR count). The number of methoxy groups -OCH3 is 1. The molecule has 21 heavy (non-hydrogen) atoms. The highest BCUT2D eigenvalue weighted by molar-refractivity contribution is 5.96. The van der Waals surface area contributed by atoms with Crippen LogP contribution in [0.25, 0.3) is 0 Å². The molecule has 0 spiro atoms. The fourth-order valence-electron chi connectivity index (χ4n) is 2.05. The molecule has 1 saturated heterocycles. The first-order valence-electron chi connectivity index (χ1n) is 6.36. The van der Waals surface area contributed by atoms with Gasteiger partial charge in [0.05, 0.1) is 6.42 Å². The molecule has 7 heteroatoms. The van der Waals surface area contributed by atoms with E-state index in [4.69, 9.17) is 9.47 Å². The van der Waals surface area contributed by atoms with Crippen molar-refractivity contribution in [1.29, 1.82) is 0 Å². The summed E-state index contributed by atoms with van der Waals surface area (Å²) in [5.41, 5.74) is -0.873. The molecule has 0 radical (unpaired) electrons. The third kappa shape index (κ3) is 3.03. The molecule has 2 unspecified atom stereocenters. The first kappa shape index (κ1) is 15.0. The molecule has 2 atom stereocenters. The third-order valence-corrected chi connectivity index (χ3v) is 3.11. The van der Waals surface area contributed by atoms with E-state index in [9.17, 15) is 14.4 Å². The van der Waals surface area contributed by atoms with Crippen molar-refractivity contribution in [2.24, 2.45) is 0 Å². The van der Waals surface area contributed by atoms with E-state index in [1.807, 2.05) is 18.2 Å². The molecule has 2 N–H and O–H groups in total. The summed E-state index contributed by atoms with van der Waals surface area (Å²) in [6.07, 6.45) is -0.946. The first-order valence-corrected chi connectivity index (χ1v) is 6.36. The maximum absolute atomic E-state index is 12.0. The molecule has 0 aliphatic carbocycles. The van der Waals surface area contributed by atoms with Gasteiger partial charge in [0.2, 0.25) is 12.1 Å². The summed E-state index contributed by atoms with van der Waals surface area (Å²) in [4.78, 5) is 34.8. The summed E-state index contributed by atoms with van der Waals surface area (Å²) in [5.74, 6) is -1.55. The molecule has 112 valence electrons. The van der Waals surface area contributed by atoms with Gasteiger partial charge in [-0.1, -0.05) is 30.3 Å². The largest absolute Gasteiger partial charge is 0.436 e. The molecule has 2 amide bonds. The fraction of sp³-hybridized carbons (Fsp3) is 0.357. The van der Waals surface area contributed by atoms with Crippen LogP contribution in [0.3, 0.4) is 0 Å². The minimum absolute atomic E-state index is 0.0893. The summed E-state index contributed by atoms with van der Waals surface area (Å²) in [6.45, 7) is 1.21. The van der Waals surface area contributed by atoms with Crippen molar-refractivity contribution in [3.05, 3.63) is 35.9 Å². The summed E-state index contributed by atoms with van der Waals surface area (Å²) >= 11 is 0. The molecule has 7 nitrogen and oxygen atoms in total. The number of rotatable bonds is 5. The highest BCUT2D eigenvalue weighted by atomic mass is 16.6. The topological polar surface area (TPSA) is 93.7 Å². The number of carbonyl (C=O) groups excluding carboxylic acids is 3. The third-order valence-electron chi connectivity index (χ3n) is 3.11. The number of hydrogen-bond acceptors (Lipinski definition) is 5. The van der Waals surface area contributed by atoms with Gasteiger partial charge in [0.25, 0.3) is 11.6 Å². The zero-order valence-corrected chi connectivity index (χ0v) is 11.7. The summed E-state index contributed by atoms with van der Waals surface area (Å²) in [7, 11) is 1.26. The highest BCUT2D eigenvalue weighted by Crippen LogP contribution is 2.23. The number of carbonyl (C=O) groups is 3. The van der Waals surface area contributed by atoms with Crippen LogP contribution in [-0.2, 0) is 30.3 Å². The van der Waals surface area contributed by atoms with Gasteiger partial charge in [0.15, 0.2) is 0 Å². The van der Waals surface area contributed by atoms with Crippen LogP contribution in [-0.4, -0.2) is 36.8 Å². The number of esters is 1. The van der Waals surface area contributed by atoms with E-state index < -0.39 is 29.7 Å². The van der Waals surface area contributed by atoms with E-state index >= 15 is 0 Å². The molecular weight excluding hydrogens is 276 g/mol. The van der Waals surface area contributed by atoms with Crippen LogP contribution in [0.2, 0.25) is 0 Å². The summed E-state index contributed by atoms with van der Waals surface area (Å²) in [5, 5.41) is 4.85. The minimum Gasteiger partial charge on any atom is -0.436 e. The van der Waals surface area contributed by atoms with E-state index in [1.165, 1.54) is 14.0 Å². The summed E-state index contributed by atoms with van der Waals surface area (Å²) < 4.78 is 9.99. The second-order valence-corrected chi connectivity index (χ2v) is 4.61. The number of hydrogen-bond donors (Lipinski definition) is 2. The van der Waals surface area contributed by atoms with Crippen molar-refractivity contribution in [2.75, 3.05) is 7.11 Å². The van der Waals surface area contributed by atoms with Gasteiger partial charge in [-0.05, 0) is 5.56 Å². The lowest BCUT2D eigenvalue weighted by molar-refractivity contribution is -0.215. The van der Waals surface area contributed by atoms with Crippen molar-refractivity contribution in [2.45, 2.75) is 25.3 Å². The van der Waals surface area contributed by atoms with E-state index in [1.54, 1.807) is 12.1 Å². The van der Waals surface area contributed by atoms with E-state index in [0.717, 1.165) is 5.56 Å². The van der Waals surface area contributed by atoms with Crippen molar-refractivity contribution in [1.82, 2.24) is 10.6 Å². The summed E-state index contributed by atoms with van der Waals surface area (Å²) in [6, 6.07) is 9.06. The standard InChI is InChI=1S/C14H16N2O5/c1-9(17)21-13-14(20-2,12(19)15-13)16-11(18)8-10-6-4-3-5-7-10/h3-7,13H,8H2,1-2H3,(H,15,19)(H,16,18). The van der Waals surface area contributed by atoms with Crippen molar-refractivity contribution in [3.63, 3.8) is 0 Å². The SMILES string of the molecule is COC1(NC(=O)Cc2ccccc2)C(=O)NC1OC(C)=O. The average molecular weight is 292 g/mol. The van der Waals surface area contributed by atoms with Gasteiger partial charge < -0.3 is 20.1 Å². The molecule has 1 aliphatic heterocycles. The Morgan fingerprint density at radius 3 is 2.52 bits per heavy atom. The molecule has 1 aromatic carbocycles. The zero-order valence-electron chi connectivity index (χ0n) is 11.7. The van der Waals surface area contributed by atoms with Gasteiger partial charge in [-0.25, -0.2) is 0 Å². The number of benzene rings is 1. The molecule has 1 aromatic rings. The molecule has 1 heterocycles. The molecule has 0 saturated carbocycles. The second kappa shape index (κ2) is 5.92. The van der Waals surface area contributed by atoms with E-state index in [0.29, 0.717) is 0 Å². The van der Waals surface area contributed by atoms with Crippen LogP contribution in [0.15, 0.2) is 30.3 Å². The molecule has 0 bridgehead atoms. The van der Waals surface area contributed by atoms with Crippen LogP contribution in [0.1, 0.15) is 12.5 Å². The maximum Gasteiger partial charge on any atom is 0.304 e. The van der Waals surface area contributed by atoms with Crippen LogP contribution >= 0.6 is 0 Å². The number of ether oxygens (including phenoxy) is 2. The molecule has 0 aromatic heterocycles. The molecule has 1 aliphatic rings. The lowest BCUT2D eigenvalue weighted by Gasteiger charge is -2.45. The Morgan fingerprint density at radius 1 is 1.33 bits per heavy atom. The van der Waals surface area contributed by atoms with Gasteiger partial charge in [-0.2, -0.15) is 0 Å². The van der Waals surface area contributed by atoms with Gasteiger partial charge in [0.1, 0.15) is 0 Å². The zero-order chi connectivity index (χ0) is 15.5. The monoisotopic (exact) mass is 292 g/mol. The number of nitrogens with one attached hydrogen (secondary N) is 2. The van der Waals surface area contributed by atoms with E-state index in [2.05, 4.69) is 10.6 Å².